The van der Waals surface area contributed by atoms with Gasteiger partial charge in [0.05, 0.1) is 0 Å². The van der Waals surface area contributed by atoms with Crippen molar-refractivity contribution in [2.24, 2.45) is 0 Å². The highest BCUT2D eigenvalue weighted by Crippen LogP contribution is 2.27. The van der Waals surface area contributed by atoms with Crippen LogP contribution >= 0.6 is 11.3 Å². The summed E-state index contributed by atoms with van der Waals surface area (Å²) < 4.78 is 1.90. The van der Waals surface area contributed by atoms with Crippen molar-refractivity contribution in [3.05, 3.63) is 47.0 Å². The first-order valence-electron chi connectivity index (χ1n) is 9.63. The minimum Gasteiger partial charge on any atom is -0.348 e. The van der Waals surface area contributed by atoms with Gasteiger partial charge in [-0.3, -0.25) is 14.2 Å². The fourth-order valence-electron chi connectivity index (χ4n) is 3.51. The molecule has 0 spiro atoms. The molecule has 0 N–H and O–H groups in total. The summed E-state index contributed by atoms with van der Waals surface area (Å²) in [6, 6.07) is 9.47. The minimum absolute atomic E-state index is 0.0402. The van der Waals surface area contributed by atoms with E-state index >= 15 is 0 Å². The van der Waals surface area contributed by atoms with Gasteiger partial charge in [0, 0.05) is 25.3 Å². The summed E-state index contributed by atoms with van der Waals surface area (Å²) in [6.45, 7) is 4.35. The number of carbonyl (C=O) groups excluding carboxylic acids is 1. The first-order chi connectivity index (χ1) is 13.7. The van der Waals surface area contributed by atoms with Gasteiger partial charge in [0.1, 0.15) is 17.6 Å². The molecule has 1 aliphatic rings. The molecule has 0 unspecified atom stereocenters. The number of thiazole rings is 1. The number of anilines is 2. The van der Waals surface area contributed by atoms with Crippen LogP contribution in [0.5, 0.6) is 0 Å². The second kappa shape index (κ2) is 8.10. The number of aromatic nitrogens is 3. The van der Waals surface area contributed by atoms with Gasteiger partial charge in [-0.1, -0.05) is 29.5 Å². The fourth-order valence-corrected chi connectivity index (χ4v) is 4.53. The summed E-state index contributed by atoms with van der Waals surface area (Å²) in [5.74, 6) is -0.141. The third kappa shape index (κ3) is 3.64. The molecule has 1 aliphatic heterocycles. The number of piperidine rings is 1. The molecule has 3 heterocycles. The largest absolute Gasteiger partial charge is 0.348 e. The zero-order chi connectivity index (χ0) is 19.5. The van der Waals surface area contributed by atoms with Crippen molar-refractivity contribution in [3.63, 3.8) is 0 Å². The van der Waals surface area contributed by atoms with Gasteiger partial charge in [0.2, 0.25) is 5.91 Å². The van der Waals surface area contributed by atoms with Crippen LogP contribution < -0.4 is 15.4 Å². The average molecular weight is 398 g/mol. The second-order valence-electron chi connectivity index (χ2n) is 6.85. The van der Waals surface area contributed by atoms with E-state index in [1.807, 2.05) is 37.3 Å². The SMILES string of the molecule is CCN(C(=O)Cn1cnc2nc(N3CCCCC3)sc2c1=O)c1ccccc1. The van der Waals surface area contributed by atoms with Crippen LogP contribution in [0.2, 0.25) is 0 Å². The molecule has 3 aromatic rings. The Morgan fingerprint density at radius 1 is 1.18 bits per heavy atom. The smallest absolute Gasteiger partial charge is 0.273 e. The lowest BCUT2D eigenvalue weighted by Gasteiger charge is -2.25. The van der Waals surface area contributed by atoms with Crippen molar-refractivity contribution in [3.8, 4) is 0 Å². The standard InChI is InChI=1S/C20H23N5O2S/c1-2-25(15-9-5-3-6-10-15)16(26)13-24-14-21-18-17(19(24)27)28-20(22-18)23-11-7-4-8-12-23/h3,5-6,9-10,14H,2,4,7-8,11-13H2,1H3. The second-order valence-corrected chi connectivity index (χ2v) is 7.83. The molecule has 28 heavy (non-hydrogen) atoms. The summed E-state index contributed by atoms with van der Waals surface area (Å²) in [5, 5.41) is 0.850. The van der Waals surface area contributed by atoms with Gasteiger partial charge in [-0.2, -0.15) is 4.98 Å². The normalized spacial score (nSPS) is 14.4. The van der Waals surface area contributed by atoms with Crippen LogP contribution in [0.25, 0.3) is 10.3 Å². The molecular weight excluding hydrogens is 374 g/mol. The van der Waals surface area contributed by atoms with E-state index in [1.54, 1.807) is 4.90 Å². The summed E-state index contributed by atoms with van der Waals surface area (Å²) in [7, 11) is 0. The van der Waals surface area contributed by atoms with E-state index in [1.165, 1.54) is 28.7 Å². The van der Waals surface area contributed by atoms with Gasteiger partial charge in [-0.25, -0.2) is 4.98 Å². The van der Waals surface area contributed by atoms with Crippen molar-refractivity contribution >= 4 is 38.4 Å². The molecule has 1 fully saturated rings. The molecule has 0 atom stereocenters. The summed E-state index contributed by atoms with van der Waals surface area (Å²) in [4.78, 5) is 38.5. The maximum absolute atomic E-state index is 12.9. The highest BCUT2D eigenvalue weighted by Gasteiger charge is 2.20. The van der Waals surface area contributed by atoms with E-state index in [2.05, 4.69) is 14.9 Å². The van der Waals surface area contributed by atoms with Crippen LogP contribution in [-0.2, 0) is 11.3 Å². The number of benzene rings is 1. The Balaban J connectivity index is 1.59. The first-order valence-corrected chi connectivity index (χ1v) is 10.5. The predicted molar refractivity (Wildman–Crippen MR) is 112 cm³/mol. The quantitative estimate of drug-likeness (QED) is 0.662. The lowest BCUT2D eigenvalue weighted by Crippen LogP contribution is -2.36. The van der Waals surface area contributed by atoms with Crippen LogP contribution in [0.15, 0.2) is 41.5 Å². The van der Waals surface area contributed by atoms with Crippen molar-refractivity contribution in [1.29, 1.82) is 0 Å². The Hall–Kier alpha value is -2.74. The number of amides is 1. The Labute approximate surface area is 167 Å². The average Bonchev–Trinajstić information content (AvgIpc) is 3.17. The molecule has 0 radical (unpaired) electrons. The van der Waals surface area contributed by atoms with E-state index < -0.39 is 0 Å². The van der Waals surface area contributed by atoms with E-state index in [0.29, 0.717) is 16.9 Å². The third-order valence-electron chi connectivity index (χ3n) is 4.99. The molecule has 0 saturated carbocycles. The molecule has 2 aromatic heterocycles. The Morgan fingerprint density at radius 2 is 1.93 bits per heavy atom. The van der Waals surface area contributed by atoms with Crippen LogP contribution in [0.4, 0.5) is 10.8 Å². The van der Waals surface area contributed by atoms with Crippen molar-refractivity contribution in [2.75, 3.05) is 29.4 Å². The number of nitrogens with zero attached hydrogens (tertiary/aromatic N) is 5. The molecule has 0 bridgehead atoms. The zero-order valence-electron chi connectivity index (χ0n) is 15.9. The summed E-state index contributed by atoms with van der Waals surface area (Å²) in [5.41, 5.74) is 1.08. The van der Waals surface area contributed by atoms with Crippen LogP contribution in [0.1, 0.15) is 26.2 Å². The third-order valence-corrected chi connectivity index (χ3v) is 6.08. The Bertz CT molecular complexity index is 1020. The number of hydrogen-bond acceptors (Lipinski definition) is 6. The number of para-hydroxylation sites is 1. The van der Waals surface area contributed by atoms with Crippen LogP contribution in [0.3, 0.4) is 0 Å². The van der Waals surface area contributed by atoms with Gasteiger partial charge in [-0.15, -0.1) is 0 Å². The summed E-state index contributed by atoms with van der Waals surface area (Å²) >= 11 is 1.38. The van der Waals surface area contributed by atoms with E-state index in [0.717, 1.165) is 36.8 Å². The van der Waals surface area contributed by atoms with Gasteiger partial charge in [0.15, 0.2) is 10.8 Å². The Morgan fingerprint density at radius 3 is 2.64 bits per heavy atom. The monoisotopic (exact) mass is 397 g/mol. The lowest BCUT2D eigenvalue weighted by molar-refractivity contribution is -0.119. The highest BCUT2D eigenvalue weighted by atomic mass is 32.1. The maximum Gasteiger partial charge on any atom is 0.273 e. The maximum atomic E-state index is 12.9. The number of fused-ring (bicyclic) bond motifs is 1. The van der Waals surface area contributed by atoms with Crippen LogP contribution in [0, 0.1) is 0 Å². The molecule has 146 valence electrons. The minimum atomic E-state index is -0.205. The Kier molecular flexibility index (Phi) is 5.38. The molecule has 8 heteroatoms. The van der Waals surface area contributed by atoms with Crippen LogP contribution in [-0.4, -0.2) is 40.1 Å². The molecule has 4 rings (SSSR count). The number of hydrogen-bond donors (Lipinski definition) is 0. The van der Waals surface area contributed by atoms with E-state index in [-0.39, 0.29) is 18.0 Å². The number of carbonyl (C=O) groups is 1. The number of likely N-dealkylation sites (N-methyl/N-ethyl adjacent to an activating group) is 1. The van der Waals surface area contributed by atoms with Gasteiger partial charge in [-0.05, 0) is 38.3 Å². The predicted octanol–water partition coefficient (Wildman–Crippen LogP) is 2.90. The molecule has 1 amide bonds. The lowest BCUT2D eigenvalue weighted by atomic mass is 10.1. The first kappa shape index (κ1) is 18.6. The molecule has 1 saturated heterocycles. The van der Waals surface area contributed by atoms with E-state index in [4.69, 9.17) is 0 Å². The molecule has 1 aromatic carbocycles. The molecule has 7 nitrogen and oxygen atoms in total. The van der Waals surface area contributed by atoms with Crippen molar-refractivity contribution in [1.82, 2.24) is 14.5 Å². The van der Waals surface area contributed by atoms with Crippen molar-refractivity contribution < 1.29 is 4.79 Å². The van der Waals surface area contributed by atoms with Gasteiger partial charge in [0.25, 0.3) is 5.56 Å². The molecule has 0 aliphatic carbocycles. The van der Waals surface area contributed by atoms with E-state index in [9.17, 15) is 9.59 Å². The fraction of sp³-hybridized carbons (Fsp3) is 0.400. The summed E-state index contributed by atoms with van der Waals surface area (Å²) in [6.07, 6.45) is 4.97. The topological polar surface area (TPSA) is 71.3 Å². The number of rotatable bonds is 5. The zero-order valence-corrected chi connectivity index (χ0v) is 16.7. The van der Waals surface area contributed by atoms with Gasteiger partial charge < -0.3 is 9.80 Å². The molecular formula is C20H23N5O2S. The van der Waals surface area contributed by atoms with Crippen molar-refractivity contribution in [2.45, 2.75) is 32.7 Å². The van der Waals surface area contributed by atoms with Gasteiger partial charge >= 0.3 is 0 Å². The highest BCUT2D eigenvalue weighted by molar-refractivity contribution is 7.22.